The number of hydrogen-bond acceptors (Lipinski definition) is 5. The molecular formula is C33H40FN3O3. The van der Waals surface area contributed by atoms with Crippen LogP contribution in [0.4, 0.5) is 15.8 Å². The van der Waals surface area contributed by atoms with E-state index in [1.807, 2.05) is 49.3 Å². The van der Waals surface area contributed by atoms with Crippen LogP contribution < -0.4 is 9.80 Å². The molecule has 7 heteroatoms. The summed E-state index contributed by atoms with van der Waals surface area (Å²) in [6.07, 6.45) is 15.1. The Hall–Kier alpha value is -3.84. The number of fused-ring (bicyclic) bond motifs is 2. The van der Waals surface area contributed by atoms with Crippen LogP contribution in [0.25, 0.3) is 17.2 Å². The van der Waals surface area contributed by atoms with Gasteiger partial charge in [0.2, 0.25) is 6.41 Å². The highest BCUT2D eigenvalue weighted by atomic mass is 19.1. The van der Waals surface area contributed by atoms with Gasteiger partial charge in [0.05, 0.1) is 18.4 Å². The van der Waals surface area contributed by atoms with Crippen LogP contribution in [0.1, 0.15) is 43.2 Å². The van der Waals surface area contributed by atoms with Gasteiger partial charge in [0.25, 0.3) is 0 Å². The lowest BCUT2D eigenvalue weighted by molar-refractivity contribution is -0.107. The zero-order chi connectivity index (χ0) is 28.9. The summed E-state index contributed by atoms with van der Waals surface area (Å²) < 4.78 is 19.0. The van der Waals surface area contributed by atoms with Crippen molar-refractivity contribution in [2.75, 3.05) is 38.1 Å². The van der Waals surface area contributed by atoms with E-state index in [0.29, 0.717) is 29.5 Å². The van der Waals surface area contributed by atoms with E-state index in [4.69, 9.17) is 0 Å². The van der Waals surface area contributed by atoms with E-state index < -0.39 is 0 Å². The smallest absolute Gasteiger partial charge is 0.214 e. The number of nitrogens with zero attached hydrogens (tertiary/aromatic N) is 3. The Balaban J connectivity index is 0.000000367. The van der Waals surface area contributed by atoms with Crippen molar-refractivity contribution in [1.29, 1.82) is 0 Å². The van der Waals surface area contributed by atoms with Crippen molar-refractivity contribution < 1.29 is 18.7 Å². The molecule has 2 aliphatic rings. The number of carbonyl (C=O) groups excluding carboxylic acids is 2. The fourth-order valence-corrected chi connectivity index (χ4v) is 5.20. The zero-order valence-corrected chi connectivity index (χ0v) is 23.9. The molecule has 2 fully saturated rings. The topological polar surface area (TPSA) is 62.7 Å². The summed E-state index contributed by atoms with van der Waals surface area (Å²) in [7, 11) is 7.18. The van der Waals surface area contributed by atoms with Crippen molar-refractivity contribution in [3.63, 3.8) is 0 Å². The average Bonchev–Trinajstić information content (AvgIpc) is 3.63. The highest BCUT2D eigenvalue weighted by molar-refractivity contribution is 5.78. The Kier molecular flexibility index (Phi) is 12.0. The molecule has 0 spiro atoms. The molecule has 212 valence electrons. The van der Waals surface area contributed by atoms with Crippen LogP contribution in [0.2, 0.25) is 0 Å². The van der Waals surface area contributed by atoms with E-state index in [2.05, 4.69) is 9.72 Å². The van der Waals surface area contributed by atoms with Crippen molar-refractivity contribution in [3.05, 3.63) is 83.9 Å². The van der Waals surface area contributed by atoms with Crippen LogP contribution in [-0.4, -0.2) is 46.0 Å². The molecule has 40 heavy (non-hydrogen) atoms. The van der Waals surface area contributed by atoms with E-state index in [0.717, 1.165) is 16.8 Å². The van der Waals surface area contributed by atoms with E-state index in [9.17, 15) is 14.0 Å². The molecule has 6 nitrogen and oxygen atoms in total. The first kappa shape index (κ1) is 30.7. The highest BCUT2D eigenvalue weighted by Crippen LogP contribution is 2.43. The van der Waals surface area contributed by atoms with Gasteiger partial charge in [-0.3, -0.25) is 14.6 Å². The SMILES string of the molecule is C1CC2CCC1C2.CN(C)c1ccc(-c2ccc(CN(C=O)c3cncc(/C=C/C=O)c3)c(F)c2)cc1.COC. The average molecular weight is 546 g/mol. The molecule has 1 heterocycles. The largest absolute Gasteiger partial charge is 0.388 e. The molecule has 2 saturated carbocycles. The van der Waals surface area contributed by atoms with Crippen molar-refractivity contribution in [1.82, 2.24) is 4.98 Å². The Morgan fingerprint density at radius 3 is 2.02 bits per heavy atom. The second kappa shape index (κ2) is 15.7. The molecule has 3 aromatic rings. The van der Waals surface area contributed by atoms with Crippen molar-refractivity contribution in [2.24, 2.45) is 11.8 Å². The van der Waals surface area contributed by atoms with Gasteiger partial charge < -0.3 is 14.5 Å². The molecule has 5 rings (SSSR count). The lowest BCUT2D eigenvalue weighted by Gasteiger charge is -2.18. The predicted molar refractivity (Wildman–Crippen MR) is 161 cm³/mol. The first-order valence-electron chi connectivity index (χ1n) is 13.6. The summed E-state index contributed by atoms with van der Waals surface area (Å²) in [5.74, 6) is 1.95. The predicted octanol–water partition coefficient (Wildman–Crippen LogP) is 6.79. The Labute approximate surface area is 237 Å². The third-order valence-electron chi connectivity index (χ3n) is 7.31. The molecular weight excluding hydrogens is 505 g/mol. The van der Waals surface area contributed by atoms with Crippen LogP contribution in [0.5, 0.6) is 0 Å². The molecule has 2 aliphatic carbocycles. The van der Waals surface area contributed by atoms with Crippen LogP contribution in [0.3, 0.4) is 0 Å². The number of anilines is 2. The number of pyridine rings is 1. The standard InChI is InChI=1S/C24H22FN3O2.C7H12.C2H6O/c1-27(2)22-9-7-19(8-10-22)20-5-6-21(24(25)13-20)16-28(17-30)23-12-18(4-3-11-29)14-26-15-23;1-2-7-4-3-6(1)5-7;1-3-2/h3-15,17H,16H2,1-2H3;6-7H,1-5H2;1-2H3/b4-3+;;. The van der Waals surface area contributed by atoms with E-state index in [1.54, 1.807) is 70.7 Å². The molecule has 0 N–H and O–H groups in total. The normalized spacial score (nSPS) is 16.9. The van der Waals surface area contributed by atoms with Gasteiger partial charge in [-0.25, -0.2) is 4.39 Å². The van der Waals surface area contributed by atoms with Crippen LogP contribution in [0, 0.1) is 17.7 Å². The Morgan fingerprint density at radius 1 is 0.900 bits per heavy atom. The van der Waals surface area contributed by atoms with Gasteiger partial charge >= 0.3 is 0 Å². The minimum atomic E-state index is -0.388. The molecule has 2 aromatic carbocycles. The third kappa shape index (κ3) is 8.85. The molecule has 2 bridgehead atoms. The van der Waals surface area contributed by atoms with Crippen molar-refractivity contribution in [3.8, 4) is 11.1 Å². The number of carbonyl (C=O) groups is 2. The van der Waals surface area contributed by atoms with Crippen LogP contribution >= 0.6 is 0 Å². The molecule has 0 unspecified atom stereocenters. The number of rotatable bonds is 8. The maximum Gasteiger partial charge on any atom is 0.214 e. The number of hydrogen-bond donors (Lipinski definition) is 0. The molecule has 1 aromatic heterocycles. The molecule has 0 saturated heterocycles. The fourth-order valence-electron chi connectivity index (χ4n) is 5.20. The van der Waals surface area contributed by atoms with Gasteiger partial charge in [0.15, 0.2) is 0 Å². The maximum absolute atomic E-state index is 14.8. The van der Waals surface area contributed by atoms with Gasteiger partial charge in [0, 0.05) is 45.8 Å². The number of allylic oxidation sites excluding steroid dienone is 1. The molecule has 1 amide bonds. The van der Waals surface area contributed by atoms with Gasteiger partial charge in [-0.15, -0.1) is 0 Å². The maximum atomic E-state index is 14.8. The number of ether oxygens (including phenoxy) is 1. The summed E-state index contributed by atoms with van der Waals surface area (Å²) >= 11 is 0. The quantitative estimate of drug-likeness (QED) is 0.230. The first-order chi connectivity index (χ1) is 19.4. The second-order valence-corrected chi connectivity index (χ2v) is 10.5. The number of halogens is 1. The van der Waals surface area contributed by atoms with Gasteiger partial charge in [-0.05, 0) is 65.3 Å². The zero-order valence-electron chi connectivity index (χ0n) is 23.9. The second-order valence-electron chi connectivity index (χ2n) is 10.5. The van der Waals surface area contributed by atoms with E-state index in [-0.39, 0.29) is 12.4 Å². The number of aldehydes is 1. The lowest BCUT2D eigenvalue weighted by Crippen LogP contribution is -2.21. The van der Waals surface area contributed by atoms with Crippen molar-refractivity contribution >= 4 is 30.1 Å². The lowest BCUT2D eigenvalue weighted by atomic mass is 10.0. The summed E-state index contributed by atoms with van der Waals surface area (Å²) in [5.41, 5.74) is 4.32. The monoisotopic (exact) mass is 545 g/mol. The van der Waals surface area contributed by atoms with Crippen LogP contribution in [0.15, 0.2) is 67.0 Å². The third-order valence-corrected chi connectivity index (χ3v) is 7.31. The van der Waals surface area contributed by atoms with Gasteiger partial charge in [0.1, 0.15) is 12.1 Å². The van der Waals surface area contributed by atoms with E-state index in [1.165, 1.54) is 35.1 Å². The minimum Gasteiger partial charge on any atom is -0.388 e. The van der Waals surface area contributed by atoms with Gasteiger partial charge in [-0.2, -0.15) is 0 Å². The molecule has 0 atom stereocenters. The van der Waals surface area contributed by atoms with Gasteiger partial charge in [-0.1, -0.05) is 56.0 Å². The molecule has 0 radical (unpaired) electrons. The Bertz CT molecular complexity index is 1240. The Morgan fingerprint density at radius 2 is 1.52 bits per heavy atom. The number of benzene rings is 2. The van der Waals surface area contributed by atoms with E-state index >= 15 is 0 Å². The van der Waals surface area contributed by atoms with Crippen molar-refractivity contribution in [2.45, 2.75) is 38.6 Å². The van der Waals surface area contributed by atoms with Crippen LogP contribution in [-0.2, 0) is 20.9 Å². The first-order valence-corrected chi connectivity index (χ1v) is 13.6. The summed E-state index contributed by atoms with van der Waals surface area (Å²) in [6, 6.07) is 14.6. The number of methoxy groups -OCH3 is 1. The number of aromatic nitrogens is 1. The molecule has 0 aliphatic heterocycles. The fraction of sp³-hybridized carbons (Fsp3) is 0.364. The number of amides is 1. The summed E-state index contributed by atoms with van der Waals surface area (Å²) in [6.45, 7) is 0.0672. The summed E-state index contributed by atoms with van der Waals surface area (Å²) in [4.78, 5) is 29.6. The minimum absolute atomic E-state index is 0.0672. The highest BCUT2D eigenvalue weighted by Gasteiger charge is 2.30. The summed E-state index contributed by atoms with van der Waals surface area (Å²) in [5, 5.41) is 0.